The van der Waals surface area contributed by atoms with Crippen molar-refractivity contribution in [1.29, 1.82) is 0 Å². The predicted octanol–water partition coefficient (Wildman–Crippen LogP) is 2.95. The van der Waals surface area contributed by atoms with Gasteiger partial charge in [0.05, 0.1) is 6.61 Å². The molecule has 64 valence electrons. The van der Waals surface area contributed by atoms with Crippen LogP contribution in [0.2, 0.25) is 0 Å². The van der Waals surface area contributed by atoms with Crippen molar-refractivity contribution in [3.63, 3.8) is 0 Å². The highest BCUT2D eigenvalue weighted by Crippen LogP contribution is 2.26. The van der Waals surface area contributed by atoms with Crippen LogP contribution in [-0.4, -0.2) is 13.2 Å². The Morgan fingerprint density at radius 1 is 1.42 bits per heavy atom. The highest BCUT2D eigenvalue weighted by atomic mass is 79.9. The van der Waals surface area contributed by atoms with Crippen LogP contribution in [0.25, 0.3) is 0 Å². The first-order chi connectivity index (χ1) is 5.86. The average Bonchev–Trinajstić information content (AvgIpc) is 2.56. The van der Waals surface area contributed by atoms with E-state index >= 15 is 0 Å². The molecule has 1 atom stereocenters. The molecule has 0 amide bonds. The monoisotopic (exact) mass is 226 g/mol. The van der Waals surface area contributed by atoms with Gasteiger partial charge in [0.1, 0.15) is 0 Å². The molecule has 2 rings (SSSR count). The largest absolute Gasteiger partial charge is 0.381 e. The summed E-state index contributed by atoms with van der Waals surface area (Å²) in [5.74, 6) is 0.613. The molecule has 1 unspecified atom stereocenters. The second-order valence-electron chi connectivity index (χ2n) is 3.12. The number of hydrogen-bond acceptors (Lipinski definition) is 1. The van der Waals surface area contributed by atoms with E-state index in [1.807, 2.05) is 0 Å². The lowest BCUT2D eigenvalue weighted by Gasteiger charge is -2.07. The molecule has 0 aromatic heterocycles. The van der Waals surface area contributed by atoms with Crippen molar-refractivity contribution >= 4 is 15.9 Å². The molecule has 1 saturated heterocycles. The standard InChI is InChI=1S/C10H11BrO/c11-10-3-1-2-8(6-10)9-4-5-12-7-9/h1-3,6,9H,4-5,7H2. The van der Waals surface area contributed by atoms with Crippen molar-refractivity contribution in [2.45, 2.75) is 12.3 Å². The molecule has 1 fully saturated rings. The maximum absolute atomic E-state index is 5.34. The zero-order chi connectivity index (χ0) is 8.39. The molecule has 2 heteroatoms. The maximum Gasteiger partial charge on any atom is 0.0535 e. The second kappa shape index (κ2) is 3.58. The molecule has 12 heavy (non-hydrogen) atoms. The van der Waals surface area contributed by atoms with Crippen molar-refractivity contribution < 1.29 is 4.74 Å². The van der Waals surface area contributed by atoms with Crippen LogP contribution in [0.4, 0.5) is 0 Å². The Hall–Kier alpha value is -0.340. The van der Waals surface area contributed by atoms with Gasteiger partial charge < -0.3 is 4.74 Å². The lowest BCUT2D eigenvalue weighted by molar-refractivity contribution is 0.194. The molecule has 1 aliphatic heterocycles. The molecule has 1 aliphatic rings. The summed E-state index contributed by atoms with van der Waals surface area (Å²) in [4.78, 5) is 0. The molecule has 0 bridgehead atoms. The van der Waals surface area contributed by atoms with E-state index < -0.39 is 0 Å². The highest BCUT2D eigenvalue weighted by molar-refractivity contribution is 9.10. The second-order valence-corrected chi connectivity index (χ2v) is 4.03. The normalized spacial score (nSPS) is 22.9. The van der Waals surface area contributed by atoms with Crippen molar-refractivity contribution in [3.8, 4) is 0 Å². The average molecular weight is 227 g/mol. The van der Waals surface area contributed by atoms with Crippen LogP contribution in [0, 0.1) is 0 Å². The summed E-state index contributed by atoms with van der Waals surface area (Å²) in [5, 5.41) is 0. The van der Waals surface area contributed by atoms with E-state index in [1.54, 1.807) is 0 Å². The molecule has 0 radical (unpaired) electrons. The first kappa shape index (κ1) is 8.27. The summed E-state index contributed by atoms with van der Waals surface area (Å²) in [6, 6.07) is 8.49. The highest BCUT2D eigenvalue weighted by Gasteiger charge is 2.17. The minimum atomic E-state index is 0.613. The van der Waals surface area contributed by atoms with Gasteiger partial charge >= 0.3 is 0 Å². The Morgan fingerprint density at radius 2 is 2.33 bits per heavy atom. The zero-order valence-corrected chi connectivity index (χ0v) is 8.38. The SMILES string of the molecule is Brc1cccc(C2CCOC2)c1. The molecule has 0 spiro atoms. The number of halogens is 1. The fourth-order valence-electron chi connectivity index (χ4n) is 1.56. The topological polar surface area (TPSA) is 9.23 Å². The van der Waals surface area contributed by atoms with Gasteiger partial charge in [0.15, 0.2) is 0 Å². The number of rotatable bonds is 1. The van der Waals surface area contributed by atoms with E-state index in [9.17, 15) is 0 Å². The summed E-state index contributed by atoms with van der Waals surface area (Å²) >= 11 is 3.47. The van der Waals surface area contributed by atoms with Crippen molar-refractivity contribution in [2.24, 2.45) is 0 Å². The predicted molar refractivity (Wildman–Crippen MR) is 52.3 cm³/mol. The lowest BCUT2D eigenvalue weighted by atomic mass is 9.99. The van der Waals surface area contributed by atoms with Crippen LogP contribution in [0.3, 0.4) is 0 Å². The molecule has 1 heterocycles. The van der Waals surface area contributed by atoms with E-state index in [0.717, 1.165) is 24.1 Å². The Kier molecular flexibility index (Phi) is 2.47. The van der Waals surface area contributed by atoms with Gasteiger partial charge in [-0.2, -0.15) is 0 Å². The Labute approximate surface area is 80.9 Å². The molecule has 0 N–H and O–H groups in total. The third kappa shape index (κ3) is 1.70. The number of hydrogen-bond donors (Lipinski definition) is 0. The summed E-state index contributed by atoms with van der Waals surface area (Å²) in [5.41, 5.74) is 1.39. The van der Waals surface area contributed by atoms with Crippen molar-refractivity contribution in [1.82, 2.24) is 0 Å². The first-order valence-corrected chi connectivity index (χ1v) is 4.99. The van der Waals surface area contributed by atoms with E-state index in [0.29, 0.717) is 5.92 Å². The molecule has 1 nitrogen and oxygen atoms in total. The minimum Gasteiger partial charge on any atom is -0.381 e. The number of benzene rings is 1. The summed E-state index contributed by atoms with van der Waals surface area (Å²) in [6.45, 7) is 1.80. The van der Waals surface area contributed by atoms with E-state index in [-0.39, 0.29) is 0 Å². The quantitative estimate of drug-likeness (QED) is 0.716. The van der Waals surface area contributed by atoms with Crippen LogP contribution >= 0.6 is 15.9 Å². The Morgan fingerprint density at radius 3 is 3.00 bits per heavy atom. The van der Waals surface area contributed by atoms with Crippen LogP contribution in [0.15, 0.2) is 28.7 Å². The smallest absolute Gasteiger partial charge is 0.0535 e. The molecular formula is C10H11BrO. The van der Waals surface area contributed by atoms with E-state index in [2.05, 4.69) is 40.2 Å². The van der Waals surface area contributed by atoms with E-state index in [4.69, 9.17) is 4.74 Å². The summed E-state index contributed by atoms with van der Waals surface area (Å²) in [7, 11) is 0. The summed E-state index contributed by atoms with van der Waals surface area (Å²) < 4.78 is 6.50. The van der Waals surface area contributed by atoms with Crippen molar-refractivity contribution in [3.05, 3.63) is 34.3 Å². The van der Waals surface area contributed by atoms with Crippen LogP contribution in [0.5, 0.6) is 0 Å². The third-order valence-electron chi connectivity index (χ3n) is 2.25. The van der Waals surface area contributed by atoms with Gasteiger partial charge in [-0.15, -0.1) is 0 Å². The molecule has 1 aromatic rings. The zero-order valence-electron chi connectivity index (χ0n) is 6.79. The van der Waals surface area contributed by atoms with E-state index in [1.165, 1.54) is 5.56 Å². The van der Waals surface area contributed by atoms with Gasteiger partial charge in [0.25, 0.3) is 0 Å². The van der Waals surface area contributed by atoms with Gasteiger partial charge in [0, 0.05) is 17.0 Å². The third-order valence-corrected chi connectivity index (χ3v) is 2.74. The molecule has 0 saturated carbocycles. The Bertz CT molecular complexity index is 266. The van der Waals surface area contributed by atoms with Crippen LogP contribution in [0.1, 0.15) is 17.9 Å². The van der Waals surface area contributed by atoms with Gasteiger partial charge in [-0.3, -0.25) is 0 Å². The Balaban J connectivity index is 2.21. The van der Waals surface area contributed by atoms with Crippen molar-refractivity contribution in [2.75, 3.05) is 13.2 Å². The van der Waals surface area contributed by atoms with Gasteiger partial charge in [0.2, 0.25) is 0 Å². The first-order valence-electron chi connectivity index (χ1n) is 4.19. The molecule has 1 aromatic carbocycles. The maximum atomic E-state index is 5.34. The van der Waals surface area contributed by atoms with Crippen LogP contribution in [-0.2, 0) is 4.74 Å². The van der Waals surface area contributed by atoms with Gasteiger partial charge in [-0.05, 0) is 24.1 Å². The lowest BCUT2D eigenvalue weighted by Crippen LogP contribution is -1.96. The fraction of sp³-hybridized carbons (Fsp3) is 0.400. The fourth-order valence-corrected chi connectivity index (χ4v) is 1.97. The van der Waals surface area contributed by atoms with Crippen LogP contribution < -0.4 is 0 Å². The van der Waals surface area contributed by atoms with Gasteiger partial charge in [-0.1, -0.05) is 28.1 Å². The summed E-state index contributed by atoms with van der Waals surface area (Å²) in [6.07, 6.45) is 1.16. The molecule has 0 aliphatic carbocycles. The minimum absolute atomic E-state index is 0.613. The van der Waals surface area contributed by atoms with Gasteiger partial charge in [-0.25, -0.2) is 0 Å². The molecular weight excluding hydrogens is 216 g/mol. The number of ether oxygens (including phenoxy) is 1.